The maximum atomic E-state index is 13.3. The van der Waals surface area contributed by atoms with E-state index >= 15 is 0 Å². The summed E-state index contributed by atoms with van der Waals surface area (Å²) in [6, 6.07) is 14.4. The highest BCUT2D eigenvalue weighted by Gasteiger charge is 2.23. The lowest BCUT2D eigenvalue weighted by Gasteiger charge is -2.31. The number of amides is 1. The van der Waals surface area contributed by atoms with Gasteiger partial charge in [0.2, 0.25) is 5.91 Å². The highest BCUT2D eigenvalue weighted by molar-refractivity contribution is 5.91. The molecule has 1 fully saturated rings. The van der Waals surface area contributed by atoms with Gasteiger partial charge >= 0.3 is 0 Å². The molecule has 2 aromatic carbocycles. The Morgan fingerprint density at radius 1 is 1.21 bits per heavy atom. The number of carbonyl (C=O) groups excluding carboxylic acids is 1. The van der Waals surface area contributed by atoms with Crippen LogP contribution in [0, 0.1) is 5.82 Å². The fraction of sp³-hybridized carbons (Fsp3) is 0.346. The fourth-order valence-electron chi connectivity index (χ4n) is 4.00. The maximum absolute atomic E-state index is 13.3. The monoisotopic (exact) mass is 463 g/mol. The molecule has 7 nitrogen and oxygen atoms in total. The number of benzene rings is 2. The summed E-state index contributed by atoms with van der Waals surface area (Å²) >= 11 is 0. The zero-order valence-corrected chi connectivity index (χ0v) is 19.4. The first kappa shape index (κ1) is 23.6. The molecule has 4 rings (SSSR count). The molecule has 34 heavy (non-hydrogen) atoms. The molecule has 0 radical (unpaired) electrons. The smallest absolute Gasteiger partial charge is 0.246 e. The van der Waals surface area contributed by atoms with Crippen molar-refractivity contribution >= 4 is 12.0 Å². The first-order valence-corrected chi connectivity index (χ1v) is 11.5. The molecular formula is C26H30FN5O2. The van der Waals surface area contributed by atoms with Crippen LogP contribution in [0.25, 0.3) is 6.08 Å². The Bertz CT molecular complexity index is 1090. The van der Waals surface area contributed by atoms with Crippen LogP contribution in [0.1, 0.15) is 24.0 Å². The van der Waals surface area contributed by atoms with Crippen molar-refractivity contribution < 1.29 is 13.9 Å². The Labute approximate surface area is 199 Å². The third-order valence-electron chi connectivity index (χ3n) is 5.85. The molecule has 3 aromatic rings. The number of hydrogen-bond donors (Lipinski definition) is 0. The van der Waals surface area contributed by atoms with Crippen LogP contribution in [0.4, 0.5) is 4.39 Å². The molecule has 0 aliphatic carbocycles. The third-order valence-corrected chi connectivity index (χ3v) is 5.85. The van der Waals surface area contributed by atoms with Crippen molar-refractivity contribution in [1.82, 2.24) is 24.6 Å². The van der Waals surface area contributed by atoms with Gasteiger partial charge in [-0.2, -0.15) is 5.10 Å². The normalized spacial score (nSPS) is 14.7. The Kier molecular flexibility index (Phi) is 8.04. The van der Waals surface area contributed by atoms with E-state index in [1.54, 1.807) is 30.9 Å². The second-order valence-corrected chi connectivity index (χ2v) is 8.57. The molecule has 0 unspecified atom stereocenters. The van der Waals surface area contributed by atoms with Crippen LogP contribution in [0.15, 0.2) is 67.3 Å². The average molecular weight is 464 g/mol. The van der Waals surface area contributed by atoms with Crippen molar-refractivity contribution in [2.75, 3.05) is 26.7 Å². The van der Waals surface area contributed by atoms with Gasteiger partial charge in [0.05, 0.1) is 6.54 Å². The lowest BCUT2D eigenvalue weighted by Crippen LogP contribution is -2.41. The predicted molar refractivity (Wildman–Crippen MR) is 128 cm³/mol. The van der Waals surface area contributed by atoms with Crippen LogP contribution >= 0.6 is 0 Å². The molecule has 1 saturated heterocycles. The number of halogens is 1. The number of ether oxygens (including phenoxy) is 1. The standard InChI is InChI=1S/C26H30FN5O2/c1-30(14-15-32-20-28-19-29-32)18-22-5-3-7-25(17-22)34-24-10-12-31(13-11-24)26(33)9-8-21-4-2-6-23(27)16-21/h2-9,16-17,19-20,24H,10-15,18H2,1H3. The van der Waals surface area contributed by atoms with E-state index in [9.17, 15) is 9.18 Å². The minimum Gasteiger partial charge on any atom is -0.490 e. The number of carbonyl (C=O) groups is 1. The van der Waals surface area contributed by atoms with Crippen molar-refractivity contribution in [3.8, 4) is 5.75 Å². The largest absolute Gasteiger partial charge is 0.490 e. The van der Waals surface area contributed by atoms with Crippen LogP contribution in [-0.4, -0.2) is 63.3 Å². The van der Waals surface area contributed by atoms with Crippen LogP contribution in [0.3, 0.4) is 0 Å². The predicted octanol–water partition coefficient (Wildman–Crippen LogP) is 3.63. The first-order chi connectivity index (χ1) is 16.5. The molecule has 178 valence electrons. The number of rotatable bonds is 9. The molecule has 1 aliphatic heterocycles. The summed E-state index contributed by atoms with van der Waals surface area (Å²) in [7, 11) is 2.08. The molecule has 1 amide bonds. The summed E-state index contributed by atoms with van der Waals surface area (Å²) in [5.74, 6) is 0.492. The highest BCUT2D eigenvalue weighted by Crippen LogP contribution is 2.21. The van der Waals surface area contributed by atoms with E-state index in [2.05, 4.69) is 34.2 Å². The number of nitrogens with zero attached hydrogens (tertiary/aromatic N) is 5. The molecule has 0 saturated carbocycles. The van der Waals surface area contributed by atoms with Gasteiger partial charge in [0.1, 0.15) is 30.3 Å². The van der Waals surface area contributed by atoms with Crippen LogP contribution in [-0.2, 0) is 17.9 Å². The summed E-state index contributed by atoms with van der Waals surface area (Å²) < 4.78 is 21.3. The molecule has 0 spiro atoms. The Morgan fingerprint density at radius 2 is 2.03 bits per heavy atom. The van der Waals surface area contributed by atoms with Gasteiger partial charge in [-0.15, -0.1) is 0 Å². The van der Waals surface area contributed by atoms with Crippen LogP contribution in [0.2, 0.25) is 0 Å². The first-order valence-electron chi connectivity index (χ1n) is 11.5. The van der Waals surface area contributed by atoms with E-state index in [1.807, 2.05) is 21.7 Å². The van der Waals surface area contributed by atoms with Gasteiger partial charge in [-0.25, -0.2) is 9.37 Å². The number of likely N-dealkylation sites (tertiary alicyclic amines) is 1. The summed E-state index contributed by atoms with van der Waals surface area (Å²) in [5, 5.41) is 4.13. The second-order valence-electron chi connectivity index (χ2n) is 8.57. The molecule has 0 N–H and O–H groups in total. The SMILES string of the molecule is CN(CCn1cncn1)Cc1cccc(OC2CCN(C(=O)C=Cc3cccc(F)c3)CC2)c1. The molecule has 1 aromatic heterocycles. The summed E-state index contributed by atoms with van der Waals surface area (Å²) in [6.45, 7) is 3.76. The van der Waals surface area contributed by atoms with Gasteiger partial charge in [-0.3, -0.25) is 9.48 Å². The molecular weight excluding hydrogens is 433 g/mol. The zero-order valence-electron chi connectivity index (χ0n) is 19.4. The fourth-order valence-corrected chi connectivity index (χ4v) is 4.00. The Balaban J connectivity index is 1.22. The maximum Gasteiger partial charge on any atom is 0.246 e. The van der Waals surface area contributed by atoms with Crippen LogP contribution in [0.5, 0.6) is 5.75 Å². The van der Waals surface area contributed by atoms with Gasteiger partial charge in [-0.05, 0) is 48.5 Å². The number of likely N-dealkylation sites (N-methyl/N-ethyl adjacent to an activating group) is 1. The zero-order chi connectivity index (χ0) is 23.8. The van der Waals surface area contributed by atoms with E-state index in [0.717, 1.165) is 38.2 Å². The minimum atomic E-state index is -0.310. The van der Waals surface area contributed by atoms with E-state index in [4.69, 9.17) is 4.74 Å². The molecule has 1 aliphatic rings. The molecule has 0 atom stereocenters. The van der Waals surface area contributed by atoms with E-state index in [0.29, 0.717) is 18.7 Å². The van der Waals surface area contributed by atoms with Crippen LogP contribution < -0.4 is 4.74 Å². The average Bonchev–Trinajstić information content (AvgIpc) is 3.36. The van der Waals surface area contributed by atoms with E-state index < -0.39 is 0 Å². The van der Waals surface area contributed by atoms with Gasteiger partial charge in [0, 0.05) is 45.1 Å². The van der Waals surface area contributed by atoms with E-state index in [1.165, 1.54) is 23.8 Å². The van der Waals surface area contributed by atoms with Crippen molar-refractivity contribution in [3.05, 3.63) is 84.2 Å². The van der Waals surface area contributed by atoms with Gasteiger partial charge < -0.3 is 14.5 Å². The number of piperidine rings is 1. The summed E-state index contributed by atoms with van der Waals surface area (Å²) in [5.41, 5.74) is 1.86. The highest BCUT2D eigenvalue weighted by atomic mass is 19.1. The third kappa shape index (κ3) is 6.99. The number of hydrogen-bond acceptors (Lipinski definition) is 5. The molecule has 0 bridgehead atoms. The number of aromatic nitrogens is 3. The second kappa shape index (κ2) is 11.6. The van der Waals surface area contributed by atoms with Crippen molar-refractivity contribution in [2.45, 2.75) is 32.0 Å². The van der Waals surface area contributed by atoms with Crippen molar-refractivity contribution in [3.63, 3.8) is 0 Å². The van der Waals surface area contributed by atoms with Gasteiger partial charge in [-0.1, -0.05) is 24.3 Å². The molecule has 2 heterocycles. The van der Waals surface area contributed by atoms with Crippen molar-refractivity contribution in [2.24, 2.45) is 0 Å². The van der Waals surface area contributed by atoms with Gasteiger partial charge in [0.15, 0.2) is 0 Å². The lowest BCUT2D eigenvalue weighted by atomic mass is 10.1. The Morgan fingerprint density at radius 3 is 2.79 bits per heavy atom. The van der Waals surface area contributed by atoms with Gasteiger partial charge in [0.25, 0.3) is 0 Å². The lowest BCUT2D eigenvalue weighted by molar-refractivity contribution is -0.127. The molecule has 8 heteroatoms. The topological polar surface area (TPSA) is 63.5 Å². The summed E-state index contributed by atoms with van der Waals surface area (Å²) in [4.78, 5) is 20.5. The summed E-state index contributed by atoms with van der Waals surface area (Å²) in [6.07, 6.45) is 8.08. The van der Waals surface area contributed by atoms with E-state index in [-0.39, 0.29) is 17.8 Å². The quantitative estimate of drug-likeness (QED) is 0.454. The Hall–Kier alpha value is -3.52. The van der Waals surface area contributed by atoms with Crippen molar-refractivity contribution in [1.29, 1.82) is 0 Å². The minimum absolute atomic E-state index is 0.0568.